The maximum atomic E-state index is 13.1. The number of carbonyl (C=O) groups is 1. The molecule has 3 atom stereocenters. The van der Waals surface area contributed by atoms with Crippen LogP contribution in [0.15, 0.2) is 91.0 Å². The number of anilines is 2. The maximum absolute atomic E-state index is 13.1. The number of rotatable bonds is 3. The topological polar surface area (TPSA) is 41.1 Å². The van der Waals surface area contributed by atoms with E-state index in [1.807, 2.05) is 48.5 Å². The smallest absolute Gasteiger partial charge is 0.257 e. The minimum Gasteiger partial charge on any atom is -0.377 e. The molecule has 5 rings (SSSR count). The van der Waals surface area contributed by atoms with Crippen LogP contribution in [-0.2, 0) is 0 Å². The van der Waals surface area contributed by atoms with Gasteiger partial charge >= 0.3 is 0 Å². The lowest BCUT2D eigenvalue weighted by molar-refractivity contribution is 0.102. The second-order valence-corrected chi connectivity index (χ2v) is 7.48. The third-order valence-corrected chi connectivity index (χ3v) is 5.83. The highest BCUT2D eigenvalue weighted by molar-refractivity contribution is 6.08. The van der Waals surface area contributed by atoms with E-state index in [1.165, 1.54) is 11.1 Å². The van der Waals surface area contributed by atoms with Gasteiger partial charge in [0.2, 0.25) is 0 Å². The molecule has 28 heavy (non-hydrogen) atoms. The molecule has 0 saturated carbocycles. The summed E-state index contributed by atoms with van der Waals surface area (Å²) in [4.78, 5) is 13.1. The molecule has 0 aromatic heterocycles. The summed E-state index contributed by atoms with van der Waals surface area (Å²) in [6.07, 6.45) is 5.63. The standard InChI is InChI=1S/C25H22N2O/c28-25(26-18-11-5-2-6-12-18)22-16-8-15-21-19-13-7-14-20(19)23(27-24(21)22)17-9-3-1-4-10-17/h1-13,15-16,19-20,23,27H,14H2,(H,26,28). The van der Waals surface area contributed by atoms with Crippen molar-refractivity contribution in [3.63, 3.8) is 0 Å². The van der Waals surface area contributed by atoms with Crippen LogP contribution in [0.3, 0.4) is 0 Å². The van der Waals surface area contributed by atoms with Gasteiger partial charge in [-0.15, -0.1) is 0 Å². The summed E-state index contributed by atoms with van der Waals surface area (Å²) in [6.45, 7) is 0. The Morgan fingerprint density at radius 1 is 0.893 bits per heavy atom. The van der Waals surface area contributed by atoms with Crippen LogP contribution in [0.5, 0.6) is 0 Å². The van der Waals surface area contributed by atoms with Gasteiger partial charge in [0.15, 0.2) is 0 Å². The molecule has 0 spiro atoms. The number of amides is 1. The summed E-state index contributed by atoms with van der Waals surface area (Å²) in [5.74, 6) is 0.732. The van der Waals surface area contributed by atoms with Crippen molar-refractivity contribution in [2.24, 2.45) is 5.92 Å². The molecule has 3 heteroatoms. The molecule has 0 fully saturated rings. The van der Waals surface area contributed by atoms with E-state index in [9.17, 15) is 4.79 Å². The maximum Gasteiger partial charge on any atom is 0.257 e. The summed E-state index contributed by atoms with van der Waals surface area (Å²) in [6, 6.07) is 26.4. The highest BCUT2D eigenvalue weighted by Gasteiger charge is 2.39. The SMILES string of the molecule is O=C(Nc1ccccc1)c1cccc2c1NC(c1ccccc1)C1CC=CC21. The van der Waals surface area contributed by atoms with Crippen LogP contribution in [0.2, 0.25) is 0 Å². The zero-order valence-corrected chi connectivity index (χ0v) is 15.5. The third-order valence-electron chi connectivity index (χ3n) is 5.83. The van der Waals surface area contributed by atoms with Crippen molar-refractivity contribution in [2.75, 3.05) is 10.6 Å². The van der Waals surface area contributed by atoms with Gasteiger partial charge in [0.05, 0.1) is 17.3 Å². The number of para-hydroxylation sites is 2. The normalized spacial score (nSPS) is 22.1. The second-order valence-electron chi connectivity index (χ2n) is 7.48. The van der Waals surface area contributed by atoms with Gasteiger partial charge < -0.3 is 10.6 Å². The zero-order chi connectivity index (χ0) is 18.9. The van der Waals surface area contributed by atoms with E-state index in [4.69, 9.17) is 0 Å². The first-order chi connectivity index (χ1) is 13.8. The largest absolute Gasteiger partial charge is 0.377 e. The van der Waals surface area contributed by atoms with Gasteiger partial charge in [-0.3, -0.25) is 4.79 Å². The minimum atomic E-state index is -0.0808. The van der Waals surface area contributed by atoms with Gasteiger partial charge in [0.1, 0.15) is 0 Å². The van der Waals surface area contributed by atoms with Crippen molar-refractivity contribution >= 4 is 17.3 Å². The van der Waals surface area contributed by atoms with Crippen LogP contribution >= 0.6 is 0 Å². The Kier molecular flexibility index (Phi) is 4.21. The summed E-state index contributed by atoms with van der Waals surface area (Å²) in [7, 11) is 0. The first kappa shape index (κ1) is 16.8. The fourth-order valence-corrected chi connectivity index (χ4v) is 4.52. The Bertz CT molecular complexity index is 1030. The Balaban J connectivity index is 1.54. The van der Waals surface area contributed by atoms with Gasteiger partial charge in [-0.2, -0.15) is 0 Å². The molecule has 0 saturated heterocycles. The molecule has 0 radical (unpaired) electrons. The quantitative estimate of drug-likeness (QED) is 0.578. The van der Waals surface area contributed by atoms with Crippen LogP contribution in [-0.4, -0.2) is 5.91 Å². The van der Waals surface area contributed by atoms with Crippen molar-refractivity contribution < 1.29 is 4.79 Å². The van der Waals surface area contributed by atoms with Gasteiger partial charge in [-0.1, -0.05) is 72.8 Å². The Hall–Kier alpha value is -3.33. The molecule has 3 aromatic rings. The molecule has 1 aliphatic carbocycles. The number of allylic oxidation sites excluding steroid dienone is 2. The van der Waals surface area contributed by atoms with Crippen molar-refractivity contribution in [2.45, 2.75) is 18.4 Å². The van der Waals surface area contributed by atoms with Crippen LogP contribution in [0.4, 0.5) is 11.4 Å². The Labute approximate surface area is 165 Å². The molecular formula is C25H22N2O. The van der Waals surface area contributed by atoms with E-state index < -0.39 is 0 Å². The summed E-state index contributed by atoms with van der Waals surface area (Å²) in [5.41, 5.74) is 4.94. The number of hydrogen-bond acceptors (Lipinski definition) is 2. The molecular weight excluding hydrogens is 344 g/mol. The number of fused-ring (bicyclic) bond motifs is 3. The molecule has 138 valence electrons. The van der Waals surface area contributed by atoms with Gasteiger partial charge in [-0.05, 0) is 41.7 Å². The zero-order valence-electron chi connectivity index (χ0n) is 15.5. The third kappa shape index (κ3) is 2.89. The lowest BCUT2D eigenvalue weighted by atomic mass is 9.76. The molecule has 1 amide bonds. The highest BCUT2D eigenvalue weighted by Crippen LogP contribution is 2.50. The van der Waals surface area contributed by atoms with Gasteiger partial charge in [-0.25, -0.2) is 0 Å². The van der Waals surface area contributed by atoms with Gasteiger partial charge in [0.25, 0.3) is 5.91 Å². The fourth-order valence-electron chi connectivity index (χ4n) is 4.52. The number of benzene rings is 3. The Morgan fingerprint density at radius 3 is 2.43 bits per heavy atom. The predicted octanol–water partition coefficient (Wildman–Crippen LogP) is 5.77. The number of carbonyl (C=O) groups excluding carboxylic acids is 1. The molecule has 1 heterocycles. The molecule has 3 unspecified atom stereocenters. The summed E-state index contributed by atoms with van der Waals surface area (Å²) >= 11 is 0. The lowest BCUT2D eigenvalue weighted by Crippen LogP contribution is -2.30. The fraction of sp³-hybridized carbons (Fsp3) is 0.160. The number of hydrogen-bond donors (Lipinski definition) is 2. The van der Waals surface area contributed by atoms with Crippen molar-refractivity contribution in [1.82, 2.24) is 0 Å². The first-order valence-corrected chi connectivity index (χ1v) is 9.79. The van der Waals surface area contributed by atoms with E-state index in [1.54, 1.807) is 0 Å². The molecule has 1 aliphatic heterocycles. The molecule has 0 bridgehead atoms. The van der Waals surface area contributed by atoms with Crippen LogP contribution in [0, 0.1) is 5.92 Å². The van der Waals surface area contributed by atoms with E-state index >= 15 is 0 Å². The van der Waals surface area contributed by atoms with Crippen molar-refractivity contribution in [1.29, 1.82) is 0 Å². The summed E-state index contributed by atoms with van der Waals surface area (Å²) < 4.78 is 0. The van der Waals surface area contributed by atoms with E-state index in [0.29, 0.717) is 17.4 Å². The minimum absolute atomic E-state index is 0.0808. The summed E-state index contributed by atoms with van der Waals surface area (Å²) in [5, 5.41) is 6.74. The average molecular weight is 366 g/mol. The molecule has 3 nitrogen and oxygen atoms in total. The lowest BCUT2D eigenvalue weighted by Gasteiger charge is -2.38. The Morgan fingerprint density at radius 2 is 1.64 bits per heavy atom. The molecule has 2 aliphatic rings. The average Bonchev–Trinajstić information content (AvgIpc) is 3.24. The van der Waals surface area contributed by atoms with Crippen molar-refractivity contribution in [3.8, 4) is 0 Å². The van der Waals surface area contributed by atoms with Crippen LogP contribution < -0.4 is 10.6 Å². The van der Waals surface area contributed by atoms with Crippen LogP contribution in [0.1, 0.15) is 39.9 Å². The highest BCUT2D eigenvalue weighted by atomic mass is 16.1. The monoisotopic (exact) mass is 366 g/mol. The van der Waals surface area contributed by atoms with E-state index in [2.05, 4.69) is 53.1 Å². The van der Waals surface area contributed by atoms with E-state index in [-0.39, 0.29) is 11.9 Å². The van der Waals surface area contributed by atoms with Crippen molar-refractivity contribution in [3.05, 3.63) is 108 Å². The predicted molar refractivity (Wildman–Crippen MR) is 114 cm³/mol. The van der Waals surface area contributed by atoms with Gasteiger partial charge in [0, 0.05) is 11.6 Å². The molecule has 2 N–H and O–H groups in total. The van der Waals surface area contributed by atoms with E-state index in [0.717, 1.165) is 17.8 Å². The second kappa shape index (κ2) is 7.01. The number of nitrogens with one attached hydrogen (secondary N) is 2. The van der Waals surface area contributed by atoms with Crippen LogP contribution in [0.25, 0.3) is 0 Å². The molecule has 3 aromatic carbocycles. The first-order valence-electron chi connectivity index (χ1n) is 9.79.